The summed E-state index contributed by atoms with van der Waals surface area (Å²) in [4.78, 5) is 15.0. The maximum absolute atomic E-state index is 12.9. The molecule has 0 aliphatic heterocycles. The number of hydrogen-bond acceptors (Lipinski definition) is 3. The number of nitrogens with zero attached hydrogens (tertiary/aromatic N) is 3. The molecule has 1 N–H and O–H groups in total. The first kappa shape index (κ1) is 22.1. The Labute approximate surface area is 183 Å². The molecule has 1 aromatic heterocycles. The molecule has 0 saturated carbocycles. The van der Waals surface area contributed by atoms with Crippen molar-refractivity contribution in [1.29, 1.82) is 0 Å². The summed E-state index contributed by atoms with van der Waals surface area (Å²) in [6, 6.07) is 18.6. The molecule has 30 heavy (non-hydrogen) atoms. The van der Waals surface area contributed by atoms with Crippen LogP contribution in [0.25, 0.3) is 0 Å². The SMILES string of the molecule is CCc1ccc([C@H](CNC(=O)c2c(C)nn(Cc3ccccc3)c2Cl)N(C)C)cc1. The van der Waals surface area contributed by atoms with Crippen molar-refractivity contribution in [3.8, 4) is 0 Å². The van der Waals surface area contributed by atoms with E-state index in [9.17, 15) is 4.79 Å². The van der Waals surface area contributed by atoms with Gasteiger partial charge < -0.3 is 10.2 Å². The summed E-state index contributed by atoms with van der Waals surface area (Å²) in [5, 5.41) is 7.89. The number of halogens is 1. The summed E-state index contributed by atoms with van der Waals surface area (Å²) >= 11 is 6.53. The Morgan fingerprint density at radius 3 is 2.37 bits per heavy atom. The molecule has 0 aliphatic rings. The van der Waals surface area contributed by atoms with E-state index in [1.807, 2.05) is 51.4 Å². The molecule has 1 amide bonds. The van der Waals surface area contributed by atoms with Crippen molar-refractivity contribution < 1.29 is 4.79 Å². The summed E-state index contributed by atoms with van der Waals surface area (Å²) in [6.45, 7) is 4.96. The molecule has 3 rings (SSSR count). The van der Waals surface area contributed by atoms with Crippen LogP contribution in [0, 0.1) is 6.92 Å². The first-order valence-electron chi connectivity index (χ1n) is 10.2. The fourth-order valence-corrected chi connectivity index (χ4v) is 3.84. The number of likely N-dealkylation sites (N-methyl/N-ethyl adjacent to an activating group) is 1. The molecule has 0 unspecified atom stereocenters. The van der Waals surface area contributed by atoms with Crippen LogP contribution in [0.1, 0.15) is 45.7 Å². The number of carbonyl (C=O) groups is 1. The lowest BCUT2D eigenvalue weighted by Crippen LogP contribution is -2.34. The lowest BCUT2D eigenvalue weighted by Gasteiger charge is -2.25. The minimum Gasteiger partial charge on any atom is -0.350 e. The molecule has 2 aromatic carbocycles. The molecule has 0 radical (unpaired) electrons. The van der Waals surface area contributed by atoms with Crippen LogP contribution in [0.15, 0.2) is 54.6 Å². The monoisotopic (exact) mass is 424 g/mol. The van der Waals surface area contributed by atoms with Crippen molar-refractivity contribution in [2.24, 2.45) is 0 Å². The third-order valence-electron chi connectivity index (χ3n) is 5.32. The molecule has 0 fully saturated rings. The van der Waals surface area contributed by atoms with Crippen molar-refractivity contribution in [1.82, 2.24) is 20.0 Å². The Morgan fingerprint density at radius 2 is 1.77 bits per heavy atom. The number of aryl methyl sites for hydroxylation is 2. The van der Waals surface area contributed by atoms with E-state index in [1.54, 1.807) is 4.68 Å². The number of nitrogens with one attached hydrogen (secondary N) is 1. The van der Waals surface area contributed by atoms with Crippen molar-refractivity contribution in [3.63, 3.8) is 0 Å². The number of rotatable bonds is 8. The minimum absolute atomic E-state index is 0.0679. The highest BCUT2D eigenvalue weighted by atomic mass is 35.5. The van der Waals surface area contributed by atoms with E-state index >= 15 is 0 Å². The van der Waals surface area contributed by atoms with Gasteiger partial charge in [0.2, 0.25) is 0 Å². The van der Waals surface area contributed by atoms with Crippen LogP contribution in [0.4, 0.5) is 0 Å². The van der Waals surface area contributed by atoms with Crippen LogP contribution >= 0.6 is 11.6 Å². The summed E-state index contributed by atoms with van der Waals surface area (Å²) in [5.74, 6) is -0.200. The number of carbonyl (C=O) groups excluding carboxylic acids is 1. The van der Waals surface area contributed by atoms with E-state index in [4.69, 9.17) is 11.6 Å². The maximum atomic E-state index is 12.9. The van der Waals surface area contributed by atoms with Gasteiger partial charge in [-0.05, 0) is 44.1 Å². The molecule has 0 saturated heterocycles. The number of aromatic nitrogens is 2. The molecule has 6 heteroatoms. The highest BCUT2D eigenvalue weighted by Crippen LogP contribution is 2.22. The molecule has 3 aromatic rings. The van der Waals surface area contributed by atoms with Crippen LogP contribution < -0.4 is 5.32 Å². The second-order valence-corrected chi connectivity index (χ2v) is 8.04. The topological polar surface area (TPSA) is 50.2 Å². The lowest BCUT2D eigenvalue weighted by atomic mass is 10.0. The Morgan fingerprint density at radius 1 is 1.10 bits per heavy atom. The summed E-state index contributed by atoms with van der Waals surface area (Å²) < 4.78 is 1.67. The maximum Gasteiger partial charge on any atom is 0.256 e. The molecule has 5 nitrogen and oxygen atoms in total. The summed E-state index contributed by atoms with van der Waals surface area (Å²) in [5.41, 5.74) is 4.61. The van der Waals surface area contributed by atoms with Crippen molar-refractivity contribution in [2.75, 3.05) is 20.6 Å². The first-order valence-corrected chi connectivity index (χ1v) is 10.6. The highest BCUT2D eigenvalue weighted by molar-refractivity contribution is 6.33. The Hall–Kier alpha value is -2.63. The van der Waals surface area contributed by atoms with E-state index in [0.717, 1.165) is 12.0 Å². The highest BCUT2D eigenvalue weighted by Gasteiger charge is 2.22. The van der Waals surface area contributed by atoms with Crippen LogP contribution in [0.5, 0.6) is 0 Å². The van der Waals surface area contributed by atoms with E-state index in [-0.39, 0.29) is 11.9 Å². The fourth-order valence-electron chi connectivity index (χ4n) is 3.52. The molecule has 0 spiro atoms. The minimum atomic E-state index is -0.200. The van der Waals surface area contributed by atoms with E-state index in [2.05, 4.69) is 46.5 Å². The van der Waals surface area contributed by atoms with Crippen LogP contribution in [-0.4, -0.2) is 41.2 Å². The van der Waals surface area contributed by atoms with Gasteiger partial charge in [-0.1, -0.05) is 73.1 Å². The molecular formula is C24H29ClN4O. The molecule has 158 valence electrons. The van der Waals surface area contributed by atoms with Crippen LogP contribution in [0.3, 0.4) is 0 Å². The van der Waals surface area contributed by atoms with E-state index < -0.39 is 0 Å². The van der Waals surface area contributed by atoms with Crippen molar-refractivity contribution in [3.05, 3.63) is 87.7 Å². The molecule has 0 aliphatic carbocycles. The zero-order valence-corrected chi connectivity index (χ0v) is 18.8. The van der Waals surface area contributed by atoms with Crippen molar-refractivity contribution >= 4 is 17.5 Å². The second kappa shape index (κ2) is 9.92. The van der Waals surface area contributed by atoms with Gasteiger partial charge in [0.15, 0.2) is 0 Å². The van der Waals surface area contributed by atoms with Gasteiger partial charge >= 0.3 is 0 Å². The summed E-state index contributed by atoms with van der Waals surface area (Å²) in [7, 11) is 4.03. The third-order valence-corrected chi connectivity index (χ3v) is 5.70. The van der Waals surface area contributed by atoms with Crippen LogP contribution in [-0.2, 0) is 13.0 Å². The van der Waals surface area contributed by atoms with Gasteiger partial charge in [0, 0.05) is 6.54 Å². The average molecular weight is 425 g/mol. The fraction of sp³-hybridized carbons (Fsp3) is 0.333. The predicted molar refractivity (Wildman–Crippen MR) is 122 cm³/mol. The average Bonchev–Trinajstić information content (AvgIpc) is 3.02. The third kappa shape index (κ3) is 5.10. The smallest absolute Gasteiger partial charge is 0.256 e. The molecule has 0 bridgehead atoms. The van der Waals surface area contributed by atoms with Crippen LogP contribution in [0.2, 0.25) is 5.15 Å². The van der Waals surface area contributed by atoms with Gasteiger partial charge in [-0.15, -0.1) is 0 Å². The second-order valence-electron chi connectivity index (χ2n) is 7.68. The number of benzene rings is 2. The lowest BCUT2D eigenvalue weighted by molar-refractivity contribution is 0.0941. The predicted octanol–water partition coefficient (Wildman–Crippen LogP) is 4.49. The Bertz CT molecular complexity index is 980. The van der Waals surface area contributed by atoms with Gasteiger partial charge in [0.25, 0.3) is 5.91 Å². The van der Waals surface area contributed by atoms with Gasteiger partial charge in [0.1, 0.15) is 5.15 Å². The van der Waals surface area contributed by atoms with Gasteiger partial charge in [-0.2, -0.15) is 5.10 Å². The zero-order chi connectivity index (χ0) is 21.7. The molecular weight excluding hydrogens is 396 g/mol. The largest absolute Gasteiger partial charge is 0.350 e. The summed E-state index contributed by atoms with van der Waals surface area (Å²) in [6.07, 6.45) is 1.01. The van der Waals surface area contributed by atoms with E-state index in [0.29, 0.717) is 29.5 Å². The van der Waals surface area contributed by atoms with Gasteiger partial charge in [-0.25, -0.2) is 4.68 Å². The number of amides is 1. The zero-order valence-electron chi connectivity index (χ0n) is 18.0. The molecule has 1 atom stereocenters. The van der Waals surface area contributed by atoms with Gasteiger partial charge in [-0.3, -0.25) is 4.79 Å². The Kier molecular flexibility index (Phi) is 7.29. The van der Waals surface area contributed by atoms with Gasteiger partial charge in [0.05, 0.1) is 23.8 Å². The molecule has 1 heterocycles. The number of hydrogen-bond donors (Lipinski definition) is 1. The normalized spacial score (nSPS) is 12.2. The first-order chi connectivity index (χ1) is 14.4. The van der Waals surface area contributed by atoms with Crippen molar-refractivity contribution in [2.45, 2.75) is 32.9 Å². The Balaban J connectivity index is 1.73. The quantitative estimate of drug-likeness (QED) is 0.579. The standard InChI is InChI=1S/C24H29ClN4O/c1-5-18-11-13-20(14-12-18)21(28(3)4)15-26-24(30)22-17(2)27-29(23(22)25)16-19-9-7-6-8-10-19/h6-14,21H,5,15-16H2,1-4H3,(H,26,30)/t21-/m0/s1. The van der Waals surface area contributed by atoms with E-state index in [1.165, 1.54) is 11.1 Å².